The highest BCUT2D eigenvalue weighted by molar-refractivity contribution is 6.54. The van der Waals surface area contributed by atoms with Crippen LogP contribution in [0.2, 0.25) is 15.1 Å². The number of imide groups is 1. The third-order valence-electron chi connectivity index (χ3n) is 5.20. The number of carbonyl (C=O) groups excluding carboxylic acids is 4. The zero-order chi connectivity index (χ0) is 26.1. The third kappa shape index (κ3) is 5.10. The lowest BCUT2D eigenvalue weighted by molar-refractivity contribution is -0.120. The number of ketones is 1. The Hall–Kier alpha value is -3.36. The highest BCUT2D eigenvalue weighted by atomic mass is 35.5. The molecule has 36 heavy (non-hydrogen) atoms. The van der Waals surface area contributed by atoms with Crippen molar-refractivity contribution in [3.05, 3.63) is 97.6 Å². The van der Waals surface area contributed by atoms with Gasteiger partial charge >= 0.3 is 0 Å². The maximum Gasteiger partial charge on any atom is 0.283 e. The first-order chi connectivity index (χ1) is 17.1. The first-order valence-electron chi connectivity index (χ1n) is 10.3. The summed E-state index contributed by atoms with van der Waals surface area (Å²) in [5.41, 5.74) is 1.56. The van der Waals surface area contributed by atoms with Crippen LogP contribution in [0.5, 0.6) is 0 Å². The SMILES string of the molecule is CC(=O)c1cccc(NC(=O)c2ccc(NC3=C(Cl)C(=O)N(c4cc(Cl)c(Cl)cc4Cl)C3=O)cc2)c1. The minimum atomic E-state index is -0.784. The third-order valence-corrected chi connectivity index (χ3v) is 6.58. The van der Waals surface area contributed by atoms with Gasteiger partial charge in [0.15, 0.2) is 5.78 Å². The number of halogens is 4. The molecule has 0 radical (unpaired) electrons. The molecule has 0 saturated heterocycles. The molecule has 2 N–H and O–H groups in total. The van der Waals surface area contributed by atoms with E-state index in [1.807, 2.05) is 0 Å². The summed E-state index contributed by atoms with van der Waals surface area (Å²) in [5.74, 6) is -2.04. The number of Topliss-reactive ketones (excluding diaryl/α,β-unsaturated/α-hetero) is 1. The molecule has 0 spiro atoms. The number of carbonyl (C=O) groups is 4. The molecule has 0 unspecified atom stereocenters. The summed E-state index contributed by atoms with van der Waals surface area (Å²) in [6.45, 7) is 1.44. The predicted molar refractivity (Wildman–Crippen MR) is 141 cm³/mol. The molecule has 0 aromatic heterocycles. The molecule has 1 aliphatic heterocycles. The van der Waals surface area contributed by atoms with Gasteiger partial charge in [-0.15, -0.1) is 0 Å². The van der Waals surface area contributed by atoms with Crippen molar-refractivity contribution in [1.82, 2.24) is 0 Å². The number of hydrogen-bond acceptors (Lipinski definition) is 5. The van der Waals surface area contributed by atoms with Gasteiger partial charge in [-0.25, -0.2) is 4.90 Å². The van der Waals surface area contributed by atoms with Crippen LogP contribution in [0.25, 0.3) is 0 Å². The van der Waals surface area contributed by atoms with E-state index in [1.165, 1.54) is 31.2 Å². The lowest BCUT2D eigenvalue weighted by atomic mass is 10.1. The zero-order valence-corrected chi connectivity index (χ0v) is 21.4. The second kappa shape index (κ2) is 10.3. The molecule has 1 aliphatic rings. The number of benzene rings is 3. The average molecular weight is 563 g/mol. The van der Waals surface area contributed by atoms with Crippen molar-refractivity contribution in [2.24, 2.45) is 0 Å². The van der Waals surface area contributed by atoms with Gasteiger partial charge in [0.05, 0.1) is 20.8 Å². The van der Waals surface area contributed by atoms with Crippen LogP contribution < -0.4 is 15.5 Å². The molecule has 0 bridgehead atoms. The standard InChI is InChI=1S/C25H15Cl4N3O4/c1-12(33)14-3-2-4-16(9-14)31-23(34)13-5-7-15(8-6-13)30-22-21(29)24(35)32(25(22)36)20-11-18(27)17(26)10-19(20)28/h2-11,30H,1H3,(H,31,34). The lowest BCUT2D eigenvalue weighted by Gasteiger charge is -2.17. The smallest absolute Gasteiger partial charge is 0.283 e. The highest BCUT2D eigenvalue weighted by Crippen LogP contribution is 2.38. The largest absolute Gasteiger partial charge is 0.350 e. The van der Waals surface area contributed by atoms with E-state index in [2.05, 4.69) is 10.6 Å². The first-order valence-corrected chi connectivity index (χ1v) is 11.8. The molecule has 0 fully saturated rings. The van der Waals surface area contributed by atoms with E-state index in [0.29, 0.717) is 22.5 Å². The van der Waals surface area contributed by atoms with Crippen LogP contribution in [-0.2, 0) is 9.59 Å². The molecule has 3 aromatic carbocycles. The molecule has 3 aromatic rings. The molecule has 0 aliphatic carbocycles. The topological polar surface area (TPSA) is 95.6 Å². The summed E-state index contributed by atoms with van der Waals surface area (Å²) in [6.07, 6.45) is 0. The normalized spacial score (nSPS) is 13.3. The van der Waals surface area contributed by atoms with Crippen LogP contribution in [0.3, 0.4) is 0 Å². The maximum atomic E-state index is 13.0. The summed E-state index contributed by atoms with van der Waals surface area (Å²) in [4.78, 5) is 50.7. The molecule has 182 valence electrons. The second-order valence-electron chi connectivity index (χ2n) is 7.65. The number of anilines is 3. The average Bonchev–Trinajstić information content (AvgIpc) is 3.05. The fourth-order valence-corrected chi connectivity index (χ4v) is 4.22. The Labute approximate surface area is 225 Å². The molecule has 0 saturated carbocycles. The molecular weight excluding hydrogens is 548 g/mol. The minimum absolute atomic E-state index is 0.0388. The van der Waals surface area contributed by atoms with Gasteiger partial charge in [0.2, 0.25) is 0 Å². The van der Waals surface area contributed by atoms with Crippen LogP contribution in [-0.4, -0.2) is 23.5 Å². The quantitative estimate of drug-likeness (QED) is 0.202. The Morgan fingerprint density at radius 2 is 1.42 bits per heavy atom. The zero-order valence-electron chi connectivity index (χ0n) is 18.4. The van der Waals surface area contributed by atoms with Crippen LogP contribution in [0, 0.1) is 0 Å². The van der Waals surface area contributed by atoms with Gasteiger partial charge in [0, 0.05) is 22.5 Å². The fraction of sp³-hybridized carbons (Fsp3) is 0.0400. The Kier molecular flexibility index (Phi) is 7.38. The molecule has 0 atom stereocenters. The Morgan fingerprint density at radius 3 is 2.08 bits per heavy atom. The summed E-state index contributed by atoms with van der Waals surface area (Å²) in [7, 11) is 0. The van der Waals surface area contributed by atoms with E-state index in [9.17, 15) is 19.2 Å². The number of rotatable bonds is 6. The van der Waals surface area contributed by atoms with Crippen molar-refractivity contribution in [1.29, 1.82) is 0 Å². The van der Waals surface area contributed by atoms with Gasteiger partial charge in [-0.2, -0.15) is 0 Å². The molecule has 7 nitrogen and oxygen atoms in total. The van der Waals surface area contributed by atoms with Crippen LogP contribution in [0.1, 0.15) is 27.6 Å². The second-order valence-corrected chi connectivity index (χ2v) is 9.25. The van der Waals surface area contributed by atoms with Crippen LogP contribution >= 0.6 is 46.4 Å². The van der Waals surface area contributed by atoms with Crippen molar-refractivity contribution in [3.63, 3.8) is 0 Å². The Balaban J connectivity index is 1.50. The van der Waals surface area contributed by atoms with Crippen molar-refractivity contribution in [3.8, 4) is 0 Å². The van der Waals surface area contributed by atoms with Crippen molar-refractivity contribution < 1.29 is 19.2 Å². The summed E-state index contributed by atoms with van der Waals surface area (Å²) >= 11 is 24.3. The number of nitrogens with zero attached hydrogens (tertiary/aromatic N) is 1. The van der Waals surface area contributed by atoms with Gasteiger partial charge in [-0.05, 0) is 55.5 Å². The summed E-state index contributed by atoms with van der Waals surface area (Å²) in [5, 5.41) is 5.52. The van der Waals surface area contributed by atoms with Gasteiger partial charge in [0.25, 0.3) is 17.7 Å². The van der Waals surface area contributed by atoms with Gasteiger partial charge < -0.3 is 10.6 Å². The molecule has 11 heteroatoms. The van der Waals surface area contributed by atoms with Crippen LogP contribution in [0.4, 0.5) is 17.1 Å². The van der Waals surface area contributed by atoms with Gasteiger partial charge in [-0.3, -0.25) is 19.2 Å². The monoisotopic (exact) mass is 561 g/mol. The Bertz CT molecular complexity index is 1470. The fourth-order valence-electron chi connectivity index (χ4n) is 3.38. The first kappa shape index (κ1) is 25.7. The van der Waals surface area contributed by atoms with Crippen LogP contribution in [0.15, 0.2) is 71.4 Å². The van der Waals surface area contributed by atoms with E-state index < -0.39 is 17.7 Å². The van der Waals surface area contributed by atoms with Crippen molar-refractivity contribution in [2.75, 3.05) is 15.5 Å². The summed E-state index contributed by atoms with van der Waals surface area (Å²) in [6, 6.07) is 15.3. The van der Waals surface area contributed by atoms with E-state index in [1.54, 1.807) is 36.4 Å². The minimum Gasteiger partial charge on any atom is -0.350 e. The molecular formula is C25H15Cl4N3O4. The van der Waals surface area contributed by atoms with E-state index >= 15 is 0 Å². The predicted octanol–water partition coefficient (Wildman–Crippen LogP) is 6.54. The molecule has 1 heterocycles. The maximum absolute atomic E-state index is 13.0. The number of hydrogen-bond donors (Lipinski definition) is 2. The summed E-state index contributed by atoms with van der Waals surface area (Å²) < 4.78 is 0. The Morgan fingerprint density at radius 1 is 0.750 bits per heavy atom. The lowest BCUT2D eigenvalue weighted by Crippen LogP contribution is -2.32. The van der Waals surface area contributed by atoms with E-state index in [0.717, 1.165) is 4.90 Å². The van der Waals surface area contributed by atoms with E-state index in [-0.39, 0.29) is 37.3 Å². The molecule has 4 rings (SSSR count). The number of nitrogens with one attached hydrogen (secondary N) is 2. The van der Waals surface area contributed by atoms with Gasteiger partial charge in [-0.1, -0.05) is 58.5 Å². The highest BCUT2D eigenvalue weighted by Gasteiger charge is 2.40. The number of amides is 3. The van der Waals surface area contributed by atoms with E-state index in [4.69, 9.17) is 46.4 Å². The van der Waals surface area contributed by atoms with Crippen molar-refractivity contribution >= 4 is 87.0 Å². The van der Waals surface area contributed by atoms with Gasteiger partial charge in [0.1, 0.15) is 10.7 Å². The molecule has 3 amide bonds. The van der Waals surface area contributed by atoms with Crippen molar-refractivity contribution in [2.45, 2.75) is 6.92 Å².